The van der Waals surface area contributed by atoms with E-state index >= 15 is 0 Å². The van der Waals surface area contributed by atoms with Crippen LogP contribution in [0.3, 0.4) is 0 Å². The number of aromatic carboxylic acids is 1. The second-order valence-corrected chi connectivity index (χ2v) is 4.89. The number of phenols is 1. The molecule has 2 heterocycles. The third-order valence-electron chi connectivity index (χ3n) is 3.46. The van der Waals surface area contributed by atoms with E-state index in [-0.39, 0.29) is 17.4 Å². The number of carboxylic acid groups (broad SMARTS) is 1. The molecule has 1 aromatic heterocycles. The van der Waals surface area contributed by atoms with Crippen molar-refractivity contribution in [3.05, 3.63) is 41.9 Å². The molecule has 1 saturated heterocycles. The first-order valence-electron chi connectivity index (χ1n) is 6.86. The summed E-state index contributed by atoms with van der Waals surface area (Å²) in [6.07, 6.45) is 2.89. The Morgan fingerprint density at radius 3 is 2.86 bits per heavy atom. The summed E-state index contributed by atoms with van der Waals surface area (Å²) < 4.78 is 5.70. The highest BCUT2D eigenvalue weighted by atomic mass is 16.5. The first-order chi connectivity index (χ1) is 10.7. The van der Waals surface area contributed by atoms with E-state index in [1.807, 2.05) is 0 Å². The molecular formula is C15H15N3O4. The molecule has 1 aliphatic rings. The molecule has 0 bridgehead atoms. The lowest BCUT2D eigenvalue weighted by Gasteiger charge is -2.24. The molecule has 2 aromatic rings. The summed E-state index contributed by atoms with van der Waals surface area (Å²) in [6, 6.07) is 4.35. The molecule has 7 nitrogen and oxygen atoms in total. The summed E-state index contributed by atoms with van der Waals surface area (Å²) in [5, 5.41) is 22.0. The minimum atomic E-state index is -1.19. The van der Waals surface area contributed by atoms with E-state index in [1.165, 1.54) is 12.1 Å². The SMILES string of the molecule is O=C(O)c1cc(-c2nccnc2[C@H]2CNCCO2)ccc1O. The molecule has 1 aromatic carbocycles. The number of hydrogen-bond donors (Lipinski definition) is 3. The summed E-state index contributed by atoms with van der Waals surface area (Å²) in [7, 11) is 0. The maximum atomic E-state index is 11.2. The highest BCUT2D eigenvalue weighted by Crippen LogP contribution is 2.30. The summed E-state index contributed by atoms with van der Waals surface area (Å²) in [6.45, 7) is 1.99. The van der Waals surface area contributed by atoms with Crippen molar-refractivity contribution in [1.82, 2.24) is 15.3 Å². The molecular weight excluding hydrogens is 286 g/mol. The maximum Gasteiger partial charge on any atom is 0.339 e. The first-order valence-corrected chi connectivity index (χ1v) is 6.86. The average molecular weight is 301 g/mol. The van der Waals surface area contributed by atoms with Crippen LogP contribution >= 0.6 is 0 Å². The topological polar surface area (TPSA) is 105 Å². The number of ether oxygens (including phenoxy) is 1. The predicted molar refractivity (Wildman–Crippen MR) is 77.7 cm³/mol. The Kier molecular flexibility index (Phi) is 3.99. The van der Waals surface area contributed by atoms with Crippen molar-refractivity contribution in [2.24, 2.45) is 0 Å². The van der Waals surface area contributed by atoms with Gasteiger partial charge in [-0.3, -0.25) is 9.97 Å². The second-order valence-electron chi connectivity index (χ2n) is 4.89. The fourth-order valence-electron chi connectivity index (χ4n) is 2.40. The van der Waals surface area contributed by atoms with Gasteiger partial charge in [0, 0.05) is 31.0 Å². The lowest BCUT2D eigenvalue weighted by molar-refractivity contribution is 0.0252. The minimum absolute atomic E-state index is 0.170. The van der Waals surface area contributed by atoms with Gasteiger partial charge in [0.25, 0.3) is 0 Å². The van der Waals surface area contributed by atoms with Gasteiger partial charge in [0.05, 0.1) is 18.0 Å². The molecule has 114 valence electrons. The summed E-state index contributed by atoms with van der Waals surface area (Å²) in [5.74, 6) is -1.47. The number of aromatic hydroxyl groups is 1. The smallest absolute Gasteiger partial charge is 0.339 e. The van der Waals surface area contributed by atoms with Gasteiger partial charge in [-0.1, -0.05) is 0 Å². The Balaban J connectivity index is 2.05. The molecule has 1 fully saturated rings. The number of rotatable bonds is 3. The van der Waals surface area contributed by atoms with Gasteiger partial charge in [0.1, 0.15) is 17.4 Å². The highest BCUT2D eigenvalue weighted by Gasteiger charge is 2.22. The monoisotopic (exact) mass is 301 g/mol. The van der Waals surface area contributed by atoms with Crippen LogP contribution in [0.1, 0.15) is 22.2 Å². The van der Waals surface area contributed by atoms with E-state index in [4.69, 9.17) is 9.84 Å². The molecule has 0 spiro atoms. The maximum absolute atomic E-state index is 11.2. The van der Waals surface area contributed by atoms with Gasteiger partial charge >= 0.3 is 5.97 Å². The van der Waals surface area contributed by atoms with Gasteiger partial charge in [0.15, 0.2) is 0 Å². The molecule has 3 rings (SSSR count). The molecule has 0 unspecified atom stereocenters. The Bertz CT molecular complexity index is 699. The zero-order chi connectivity index (χ0) is 15.5. The normalized spacial score (nSPS) is 18.1. The molecule has 0 amide bonds. The van der Waals surface area contributed by atoms with E-state index in [0.717, 1.165) is 6.54 Å². The number of hydrogen-bond acceptors (Lipinski definition) is 6. The number of carboxylic acids is 1. The fraction of sp³-hybridized carbons (Fsp3) is 0.267. The Labute approximate surface area is 126 Å². The van der Waals surface area contributed by atoms with Crippen molar-refractivity contribution in [3.63, 3.8) is 0 Å². The summed E-state index contributed by atoms with van der Waals surface area (Å²) in [5.41, 5.74) is 1.61. The van der Waals surface area contributed by atoms with Crippen LogP contribution in [0.5, 0.6) is 5.75 Å². The van der Waals surface area contributed by atoms with Gasteiger partial charge < -0.3 is 20.3 Å². The van der Waals surface area contributed by atoms with Crippen molar-refractivity contribution in [3.8, 4) is 17.0 Å². The van der Waals surface area contributed by atoms with Crippen LogP contribution in [0.25, 0.3) is 11.3 Å². The van der Waals surface area contributed by atoms with E-state index in [1.54, 1.807) is 18.5 Å². The van der Waals surface area contributed by atoms with Crippen molar-refractivity contribution in [2.75, 3.05) is 19.7 Å². The number of morpholine rings is 1. The van der Waals surface area contributed by atoms with Gasteiger partial charge in [0.2, 0.25) is 0 Å². The Hall–Kier alpha value is -2.51. The first kappa shape index (κ1) is 14.4. The quantitative estimate of drug-likeness (QED) is 0.782. The highest BCUT2D eigenvalue weighted by molar-refractivity contribution is 5.92. The van der Waals surface area contributed by atoms with E-state index in [9.17, 15) is 9.90 Å². The standard InChI is InChI=1S/C15H15N3O4/c19-11-2-1-9(7-10(11)15(20)21)13-14(18-4-3-17-13)12-8-16-5-6-22-12/h1-4,7,12,16,19H,5-6,8H2,(H,20,21)/t12-/m1/s1. The fourth-order valence-corrected chi connectivity index (χ4v) is 2.40. The second kappa shape index (κ2) is 6.08. The van der Waals surface area contributed by atoms with Crippen LogP contribution in [0.15, 0.2) is 30.6 Å². The van der Waals surface area contributed by atoms with Crippen molar-refractivity contribution in [1.29, 1.82) is 0 Å². The van der Waals surface area contributed by atoms with Crippen molar-refractivity contribution < 1.29 is 19.7 Å². The molecule has 0 saturated carbocycles. The molecule has 0 aliphatic carbocycles. The van der Waals surface area contributed by atoms with E-state index in [0.29, 0.717) is 30.1 Å². The van der Waals surface area contributed by atoms with Gasteiger partial charge in [-0.25, -0.2) is 4.79 Å². The largest absolute Gasteiger partial charge is 0.507 e. The van der Waals surface area contributed by atoms with Crippen LogP contribution in [-0.2, 0) is 4.74 Å². The van der Waals surface area contributed by atoms with Crippen molar-refractivity contribution >= 4 is 5.97 Å². The number of carbonyl (C=O) groups is 1. The van der Waals surface area contributed by atoms with Crippen LogP contribution < -0.4 is 5.32 Å². The minimum Gasteiger partial charge on any atom is -0.507 e. The predicted octanol–water partition coefficient (Wildman–Crippen LogP) is 1.21. The third kappa shape index (κ3) is 2.76. The van der Waals surface area contributed by atoms with Gasteiger partial charge in [-0.05, 0) is 18.2 Å². The van der Waals surface area contributed by atoms with Gasteiger partial charge in [-0.15, -0.1) is 0 Å². The summed E-state index contributed by atoms with van der Waals surface area (Å²) >= 11 is 0. The average Bonchev–Trinajstić information content (AvgIpc) is 2.56. The number of aromatic nitrogens is 2. The van der Waals surface area contributed by atoms with Gasteiger partial charge in [-0.2, -0.15) is 0 Å². The molecule has 1 atom stereocenters. The molecule has 0 radical (unpaired) electrons. The molecule has 3 N–H and O–H groups in total. The van der Waals surface area contributed by atoms with Crippen molar-refractivity contribution in [2.45, 2.75) is 6.10 Å². The third-order valence-corrected chi connectivity index (χ3v) is 3.46. The molecule has 22 heavy (non-hydrogen) atoms. The van der Waals surface area contributed by atoms with Crippen LogP contribution in [0.4, 0.5) is 0 Å². The van der Waals surface area contributed by atoms with E-state index < -0.39 is 5.97 Å². The Morgan fingerprint density at radius 1 is 1.32 bits per heavy atom. The Morgan fingerprint density at radius 2 is 2.14 bits per heavy atom. The van der Waals surface area contributed by atoms with Crippen LogP contribution in [0.2, 0.25) is 0 Å². The number of benzene rings is 1. The summed E-state index contributed by atoms with van der Waals surface area (Å²) in [4.78, 5) is 19.8. The zero-order valence-electron chi connectivity index (χ0n) is 11.7. The zero-order valence-corrected chi connectivity index (χ0v) is 11.7. The number of nitrogens with one attached hydrogen (secondary N) is 1. The lowest BCUT2D eigenvalue weighted by Crippen LogP contribution is -2.34. The lowest BCUT2D eigenvalue weighted by atomic mass is 10.0. The molecule has 7 heteroatoms. The van der Waals surface area contributed by atoms with Crippen LogP contribution in [-0.4, -0.2) is 45.8 Å². The van der Waals surface area contributed by atoms with Crippen LogP contribution in [0, 0.1) is 0 Å². The number of nitrogens with zero attached hydrogens (tertiary/aromatic N) is 2. The van der Waals surface area contributed by atoms with E-state index in [2.05, 4.69) is 15.3 Å². The molecule has 1 aliphatic heterocycles.